The summed E-state index contributed by atoms with van der Waals surface area (Å²) in [4.78, 5) is 17.1. The molecule has 0 spiro atoms. The van der Waals surface area contributed by atoms with E-state index in [0.717, 1.165) is 23.5 Å². The van der Waals surface area contributed by atoms with Crippen LogP contribution in [-0.2, 0) is 6.18 Å². The highest BCUT2D eigenvalue weighted by Crippen LogP contribution is 2.36. The summed E-state index contributed by atoms with van der Waals surface area (Å²) in [6.07, 6.45) is -4.52. The van der Waals surface area contributed by atoms with Gasteiger partial charge in [-0.15, -0.1) is 11.3 Å². The van der Waals surface area contributed by atoms with Crippen molar-refractivity contribution in [3.63, 3.8) is 0 Å². The zero-order valence-electron chi connectivity index (χ0n) is 16.2. The number of benzene rings is 3. The topological polar surface area (TPSA) is 74.0 Å². The fraction of sp³-hybridized carbons (Fsp3) is 0.0417. The molecule has 1 N–H and O–H groups in total. The summed E-state index contributed by atoms with van der Waals surface area (Å²) < 4.78 is 39.4. The first-order valence-corrected chi connectivity index (χ1v) is 10.1. The van der Waals surface area contributed by atoms with Crippen LogP contribution in [-0.4, -0.2) is 15.9 Å². The van der Waals surface area contributed by atoms with Gasteiger partial charge in [0.05, 0.1) is 15.8 Å². The van der Waals surface area contributed by atoms with Gasteiger partial charge in [-0.1, -0.05) is 54.6 Å². The summed E-state index contributed by atoms with van der Waals surface area (Å²) >= 11 is 0.979. The summed E-state index contributed by atoms with van der Waals surface area (Å²) in [5.41, 5.74) is -0.294. The molecule has 0 unspecified atom stereocenters. The quantitative estimate of drug-likeness (QED) is 0.219. The van der Waals surface area contributed by atoms with Gasteiger partial charge in [-0.2, -0.15) is 18.4 Å². The maximum atomic E-state index is 13.0. The SMILES string of the molecule is N#C/C(=C(/O)c1ccccc1C(=O)c1ccccc1)c1nc2cc(C(F)(F)F)ccc2s1. The van der Waals surface area contributed by atoms with Crippen LogP contribution in [0.2, 0.25) is 0 Å². The first kappa shape index (κ1) is 21.3. The van der Waals surface area contributed by atoms with Crippen molar-refractivity contribution in [2.45, 2.75) is 6.18 Å². The lowest BCUT2D eigenvalue weighted by Gasteiger charge is -2.09. The van der Waals surface area contributed by atoms with Crippen LogP contribution < -0.4 is 0 Å². The first-order valence-electron chi connectivity index (χ1n) is 9.30. The normalized spacial score (nSPS) is 12.3. The predicted molar refractivity (Wildman–Crippen MR) is 116 cm³/mol. The van der Waals surface area contributed by atoms with Crippen molar-refractivity contribution in [1.82, 2.24) is 4.98 Å². The van der Waals surface area contributed by atoms with Gasteiger partial charge in [-0.3, -0.25) is 4.79 Å². The summed E-state index contributed by atoms with van der Waals surface area (Å²) in [7, 11) is 0. The van der Waals surface area contributed by atoms with Crippen molar-refractivity contribution in [2.75, 3.05) is 0 Å². The summed E-state index contributed by atoms with van der Waals surface area (Å²) in [6.45, 7) is 0. The Balaban J connectivity index is 1.83. The zero-order chi connectivity index (χ0) is 22.9. The van der Waals surface area contributed by atoms with E-state index in [-0.39, 0.29) is 33.0 Å². The second kappa shape index (κ2) is 8.29. The van der Waals surface area contributed by atoms with Gasteiger partial charge in [0.25, 0.3) is 0 Å². The van der Waals surface area contributed by atoms with Crippen LogP contribution in [0, 0.1) is 11.3 Å². The Bertz CT molecular complexity index is 1400. The van der Waals surface area contributed by atoms with E-state index in [1.165, 1.54) is 18.2 Å². The number of aromatic nitrogens is 1. The molecule has 4 aromatic rings. The number of aliphatic hydroxyl groups is 1. The molecule has 0 radical (unpaired) electrons. The van der Waals surface area contributed by atoms with Gasteiger partial charge >= 0.3 is 6.18 Å². The molecule has 0 aliphatic carbocycles. The highest BCUT2D eigenvalue weighted by atomic mass is 32.1. The number of nitrogens with zero attached hydrogens (tertiary/aromatic N) is 2. The van der Waals surface area contributed by atoms with Gasteiger partial charge in [-0.25, -0.2) is 4.98 Å². The minimum absolute atomic E-state index is 0.0567. The van der Waals surface area contributed by atoms with Crippen LogP contribution in [0.1, 0.15) is 32.1 Å². The number of rotatable bonds is 4. The molecule has 0 fully saturated rings. The second-order valence-corrected chi connectivity index (χ2v) is 7.81. The van der Waals surface area contributed by atoms with Crippen LogP contribution in [0.4, 0.5) is 13.2 Å². The summed E-state index contributed by atoms with van der Waals surface area (Å²) in [5, 5.41) is 20.7. The number of ketones is 1. The van der Waals surface area contributed by atoms with Crippen LogP contribution in [0.25, 0.3) is 21.5 Å². The number of aliphatic hydroxyl groups excluding tert-OH is 1. The Labute approximate surface area is 184 Å². The minimum atomic E-state index is -4.52. The summed E-state index contributed by atoms with van der Waals surface area (Å²) in [6, 6.07) is 19.7. The minimum Gasteiger partial charge on any atom is -0.506 e. The van der Waals surface area contributed by atoms with E-state index < -0.39 is 17.5 Å². The van der Waals surface area contributed by atoms with Crippen molar-refractivity contribution < 1.29 is 23.1 Å². The monoisotopic (exact) mass is 450 g/mol. The van der Waals surface area contributed by atoms with Gasteiger partial charge in [0.15, 0.2) is 5.78 Å². The van der Waals surface area contributed by atoms with Crippen LogP contribution in [0.3, 0.4) is 0 Å². The highest BCUT2D eigenvalue weighted by Gasteiger charge is 2.31. The molecule has 0 aliphatic heterocycles. The standard InChI is InChI=1S/C24H13F3N2O2S/c25-24(26,27)15-10-11-20-19(12-15)29-23(32-20)18(13-28)22(31)17-9-5-4-8-16(17)21(30)14-6-2-1-3-7-14/h1-12,31H/b22-18-. The summed E-state index contributed by atoms with van der Waals surface area (Å²) in [5.74, 6) is -0.813. The van der Waals surface area contributed by atoms with Crippen LogP contribution >= 0.6 is 11.3 Å². The Hall–Kier alpha value is -3.96. The molecule has 3 aromatic carbocycles. The number of thiazole rings is 1. The molecule has 1 aromatic heterocycles. The highest BCUT2D eigenvalue weighted by molar-refractivity contribution is 7.19. The Kier molecular flexibility index (Phi) is 5.51. The van der Waals surface area contributed by atoms with Crippen molar-refractivity contribution in [1.29, 1.82) is 5.26 Å². The number of carbonyl (C=O) groups is 1. The third-order valence-electron chi connectivity index (χ3n) is 4.74. The molecular formula is C24H13F3N2O2S. The molecule has 0 saturated carbocycles. The average Bonchev–Trinajstić information content (AvgIpc) is 3.22. The fourth-order valence-corrected chi connectivity index (χ4v) is 4.12. The van der Waals surface area contributed by atoms with Crippen molar-refractivity contribution in [3.8, 4) is 6.07 Å². The van der Waals surface area contributed by atoms with Crippen molar-refractivity contribution in [3.05, 3.63) is 100 Å². The molecule has 8 heteroatoms. The van der Waals surface area contributed by atoms with E-state index in [0.29, 0.717) is 10.3 Å². The maximum Gasteiger partial charge on any atom is 0.416 e. The Morgan fingerprint density at radius 1 is 0.969 bits per heavy atom. The van der Waals surface area contributed by atoms with E-state index in [1.807, 2.05) is 6.07 Å². The molecule has 0 atom stereocenters. The molecular weight excluding hydrogens is 437 g/mol. The fourth-order valence-electron chi connectivity index (χ4n) is 3.18. The number of alkyl halides is 3. The van der Waals surface area contributed by atoms with E-state index in [1.54, 1.807) is 42.5 Å². The lowest BCUT2D eigenvalue weighted by atomic mass is 9.96. The molecule has 158 valence electrons. The Morgan fingerprint density at radius 2 is 1.62 bits per heavy atom. The van der Waals surface area contributed by atoms with Gasteiger partial charge < -0.3 is 5.11 Å². The predicted octanol–water partition coefficient (Wildman–Crippen LogP) is 6.50. The first-order chi connectivity index (χ1) is 15.3. The zero-order valence-corrected chi connectivity index (χ0v) is 17.0. The van der Waals surface area contributed by atoms with E-state index in [9.17, 15) is 28.3 Å². The molecule has 0 bridgehead atoms. The number of allylic oxidation sites excluding steroid dienone is 1. The molecule has 0 saturated heterocycles. The Morgan fingerprint density at radius 3 is 2.28 bits per heavy atom. The molecule has 4 nitrogen and oxygen atoms in total. The maximum absolute atomic E-state index is 13.0. The van der Waals surface area contributed by atoms with Gasteiger partial charge in [0.2, 0.25) is 0 Å². The third-order valence-corrected chi connectivity index (χ3v) is 5.79. The number of fused-ring (bicyclic) bond motifs is 1. The number of hydrogen-bond donors (Lipinski definition) is 1. The van der Waals surface area contributed by atoms with Gasteiger partial charge in [0, 0.05) is 16.7 Å². The van der Waals surface area contributed by atoms with E-state index in [2.05, 4.69) is 4.98 Å². The van der Waals surface area contributed by atoms with E-state index >= 15 is 0 Å². The van der Waals surface area contributed by atoms with Crippen molar-refractivity contribution in [2.24, 2.45) is 0 Å². The molecule has 0 aliphatic rings. The van der Waals surface area contributed by atoms with Crippen molar-refractivity contribution >= 4 is 38.7 Å². The molecule has 0 amide bonds. The lowest BCUT2D eigenvalue weighted by molar-refractivity contribution is -0.137. The van der Waals surface area contributed by atoms with Crippen LogP contribution in [0.5, 0.6) is 0 Å². The smallest absolute Gasteiger partial charge is 0.416 e. The number of halogens is 3. The van der Waals surface area contributed by atoms with Gasteiger partial charge in [-0.05, 0) is 18.2 Å². The lowest BCUT2D eigenvalue weighted by Crippen LogP contribution is -2.05. The number of hydrogen-bond acceptors (Lipinski definition) is 5. The average molecular weight is 450 g/mol. The molecule has 32 heavy (non-hydrogen) atoms. The molecule has 4 rings (SSSR count). The third kappa shape index (κ3) is 3.98. The van der Waals surface area contributed by atoms with Crippen LogP contribution in [0.15, 0.2) is 72.8 Å². The number of nitriles is 1. The van der Waals surface area contributed by atoms with E-state index in [4.69, 9.17) is 0 Å². The second-order valence-electron chi connectivity index (χ2n) is 6.78. The largest absolute Gasteiger partial charge is 0.506 e. The molecule has 1 heterocycles. The number of carbonyl (C=O) groups excluding carboxylic acids is 1. The van der Waals surface area contributed by atoms with Gasteiger partial charge in [0.1, 0.15) is 22.4 Å².